The van der Waals surface area contributed by atoms with Gasteiger partial charge in [-0.2, -0.15) is 0 Å². The van der Waals surface area contributed by atoms with Gasteiger partial charge in [-0.15, -0.1) is 6.58 Å². The van der Waals surface area contributed by atoms with Gasteiger partial charge >= 0.3 is 0 Å². The molecule has 1 rings (SSSR count). The zero-order valence-electron chi connectivity index (χ0n) is 7.69. The summed E-state index contributed by atoms with van der Waals surface area (Å²) in [6.45, 7) is 10.5. The van der Waals surface area contributed by atoms with Crippen molar-refractivity contribution in [3.05, 3.63) is 12.7 Å². The van der Waals surface area contributed by atoms with E-state index in [0.29, 0.717) is 5.41 Å². The molecule has 0 aromatic rings. The molecule has 1 N–H and O–H groups in total. The van der Waals surface area contributed by atoms with Crippen LogP contribution in [0.15, 0.2) is 12.7 Å². The maximum absolute atomic E-state index is 3.91. The summed E-state index contributed by atoms with van der Waals surface area (Å²) in [7, 11) is 0. The molecule has 1 unspecified atom stereocenters. The Bertz CT molecular complexity index is 138. The van der Waals surface area contributed by atoms with E-state index in [4.69, 9.17) is 0 Å². The van der Waals surface area contributed by atoms with Crippen LogP contribution in [0.2, 0.25) is 0 Å². The second-order valence-corrected chi connectivity index (χ2v) is 3.76. The normalized spacial score (nSPS) is 22.7. The average Bonchev–Trinajstić information content (AvgIpc) is 2.82. The largest absolute Gasteiger partial charge is 0.316 e. The van der Waals surface area contributed by atoms with Gasteiger partial charge in [-0.05, 0) is 25.3 Å². The highest BCUT2D eigenvalue weighted by Crippen LogP contribution is 2.45. The molecule has 0 radical (unpaired) electrons. The minimum Gasteiger partial charge on any atom is -0.316 e. The average molecular weight is 153 g/mol. The Morgan fingerprint density at radius 2 is 2.27 bits per heavy atom. The fourth-order valence-corrected chi connectivity index (χ4v) is 1.52. The summed E-state index contributed by atoms with van der Waals surface area (Å²) in [5.41, 5.74) is 0.357. The van der Waals surface area contributed by atoms with E-state index in [1.807, 2.05) is 0 Å². The van der Waals surface area contributed by atoms with E-state index < -0.39 is 0 Å². The molecule has 0 spiro atoms. The summed E-state index contributed by atoms with van der Waals surface area (Å²) in [5, 5.41) is 3.39. The van der Waals surface area contributed by atoms with E-state index in [0.717, 1.165) is 19.0 Å². The van der Waals surface area contributed by atoms with Crippen LogP contribution in [0.3, 0.4) is 0 Å². The van der Waals surface area contributed by atoms with Crippen molar-refractivity contribution in [3.63, 3.8) is 0 Å². The van der Waals surface area contributed by atoms with Gasteiger partial charge in [0.05, 0.1) is 0 Å². The minimum absolute atomic E-state index is 0.357. The van der Waals surface area contributed by atoms with Crippen molar-refractivity contribution in [2.75, 3.05) is 13.1 Å². The Balaban J connectivity index is 2.38. The molecule has 0 bridgehead atoms. The lowest BCUT2D eigenvalue weighted by atomic mass is 9.85. The van der Waals surface area contributed by atoms with E-state index in [1.165, 1.54) is 12.8 Å². The van der Waals surface area contributed by atoms with Crippen molar-refractivity contribution < 1.29 is 0 Å². The highest BCUT2D eigenvalue weighted by molar-refractivity contribution is 5.02. The number of hydrogen-bond acceptors (Lipinski definition) is 1. The maximum Gasteiger partial charge on any atom is 0.00423 e. The predicted octanol–water partition coefficient (Wildman–Crippen LogP) is 2.20. The van der Waals surface area contributed by atoms with Crippen LogP contribution < -0.4 is 5.32 Å². The van der Waals surface area contributed by atoms with Crippen LogP contribution in [0.5, 0.6) is 0 Å². The van der Waals surface area contributed by atoms with Crippen LogP contribution in [-0.2, 0) is 0 Å². The predicted molar refractivity (Wildman–Crippen MR) is 49.6 cm³/mol. The van der Waals surface area contributed by atoms with Gasteiger partial charge in [-0.25, -0.2) is 0 Å². The maximum atomic E-state index is 3.91. The third-order valence-electron chi connectivity index (χ3n) is 2.73. The smallest absolute Gasteiger partial charge is 0.00423 e. The molecule has 0 saturated heterocycles. The minimum atomic E-state index is 0.357. The molecule has 1 nitrogen and oxygen atoms in total. The summed E-state index contributed by atoms with van der Waals surface area (Å²) in [5.74, 6) is 0.902. The van der Waals surface area contributed by atoms with Crippen molar-refractivity contribution in [2.24, 2.45) is 11.3 Å². The molecule has 64 valence electrons. The van der Waals surface area contributed by atoms with Crippen molar-refractivity contribution >= 4 is 0 Å². The molecule has 1 aliphatic carbocycles. The summed E-state index contributed by atoms with van der Waals surface area (Å²) < 4.78 is 0. The highest BCUT2D eigenvalue weighted by atomic mass is 14.9. The molecule has 11 heavy (non-hydrogen) atoms. The SMILES string of the molecule is C=CC(C)(CNCC)C1CC1. The second kappa shape index (κ2) is 3.40. The molecule has 0 aromatic heterocycles. The first kappa shape index (κ1) is 8.79. The zero-order valence-corrected chi connectivity index (χ0v) is 7.69. The first-order valence-corrected chi connectivity index (χ1v) is 4.57. The second-order valence-electron chi connectivity index (χ2n) is 3.76. The van der Waals surface area contributed by atoms with Crippen LogP contribution in [0.25, 0.3) is 0 Å². The lowest BCUT2D eigenvalue weighted by Gasteiger charge is -2.25. The number of rotatable bonds is 5. The van der Waals surface area contributed by atoms with Gasteiger partial charge in [0, 0.05) is 12.0 Å². The van der Waals surface area contributed by atoms with Gasteiger partial charge in [0.15, 0.2) is 0 Å². The van der Waals surface area contributed by atoms with Crippen LogP contribution in [0.4, 0.5) is 0 Å². The molecule has 0 amide bonds. The Hall–Kier alpha value is -0.300. The Kier molecular flexibility index (Phi) is 2.72. The first-order valence-electron chi connectivity index (χ1n) is 4.57. The molecule has 1 aliphatic rings. The summed E-state index contributed by atoms with van der Waals surface area (Å²) >= 11 is 0. The topological polar surface area (TPSA) is 12.0 Å². The van der Waals surface area contributed by atoms with Gasteiger partial charge in [-0.1, -0.05) is 19.9 Å². The van der Waals surface area contributed by atoms with E-state index in [9.17, 15) is 0 Å². The monoisotopic (exact) mass is 153 g/mol. The fourth-order valence-electron chi connectivity index (χ4n) is 1.52. The van der Waals surface area contributed by atoms with Crippen LogP contribution >= 0.6 is 0 Å². The third kappa shape index (κ3) is 2.06. The summed E-state index contributed by atoms with van der Waals surface area (Å²) in [6.07, 6.45) is 4.91. The molecule has 1 fully saturated rings. The van der Waals surface area contributed by atoms with E-state index in [-0.39, 0.29) is 0 Å². The van der Waals surface area contributed by atoms with Crippen LogP contribution in [-0.4, -0.2) is 13.1 Å². The van der Waals surface area contributed by atoms with E-state index in [1.54, 1.807) is 0 Å². The Morgan fingerprint density at radius 1 is 1.64 bits per heavy atom. The van der Waals surface area contributed by atoms with E-state index >= 15 is 0 Å². The highest BCUT2D eigenvalue weighted by Gasteiger charge is 2.38. The summed E-state index contributed by atoms with van der Waals surface area (Å²) in [6, 6.07) is 0. The third-order valence-corrected chi connectivity index (χ3v) is 2.73. The standard InChI is InChI=1S/C10H19N/c1-4-10(3,8-11-5-2)9-6-7-9/h4,9,11H,1,5-8H2,2-3H3. The van der Waals surface area contributed by atoms with Gasteiger partial charge in [0.25, 0.3) is 0 Å². The van der Waals surface area contributed by atoms with Crippen molar-refractivity contribution in [1.82, 2.24) is 5.32 Å². The zero-order chi connectivity index (χ0) is 8.32. The van der Waals surface area contributed by atoms with Crippen LogP contribution in [0, 0.1) is 11.3 Å². The molecular weight excluding hydrogens is 134 g/mol. The van der Waals surface area contributed by atoms with Crippen molar-refractivity contribution in [2.45, 2.75) is 26.7 Å². The van der Waals surface area contributed by atoms with Crippen molar-refractivity contribution in [3.8, 4) is 0 Å². The van der Waals surface area contributed by atoms with Gasteiger partial charge in [-0.3, -0.25) is 0 Å². The lowest BCUT2D eigenvalue weighted by molar-refractivity contribution is 0.345. The van der Waals surface area contributed by atoms with Crippen LogP contribution in [0.1, 0.15) is 26.7 Å². The Morgan fingerprint density at radius 3 is 2.64 bits per heavy atom. The molecular formula is C10H19N. The number of hydrogen-bond donors (Lipinski definition) is 1. The number of nitrogens with one attached hydrogen (secondary N) is 1. The quantitative estimate of drug-likeness (QED) is 0.597. The molecule has 0 aliphatic heterocycles. The van der Waals surface area contributed by atoms with Gasteiger partial charge < -0.3 is 5.32 Å². The van der Waals surface area contributed by atoms with Gasteiger partial charge in [0.2, 0.25) is 0 Å². The first-order chi connectivity index (χ1) is 5.23. The summed E-state index contributed by atoms with van der Waals surface area (Å²) in [4.78, 5) is 0. The lowest BCUT2D eigenvalue weighted by Crippen LogP contribution is -2.31. The van der Waals surface area contributed by atoms with Gasteiger partial charge in [0.1, 0.15) is 0 Å². The van der Waals surface area contributed by atoms with Crippen molar-refractivity contribution in [1.29, 1.82) is 0 Å². The fraction of sp³-hybridized carbons (Fsp3) is 0.800. The molecule has 1 heteroatoms. The Labute approximate surface area is 69.9 Å². The molecule has 0 aromatic carbocycles. The molecule has 1 atom stereocenters. The van der Waals surface area contributed by atoms with E-state index in [2.05, 4.69) is 31.8 Å². The molecule has 1 saturated carbocycles. The molecule has 0 heterocycles.